The van der Waals surface area contributed by atoms with Crippen LogP contribution in [0.25, 0.3) is 0 Å². The number of ether oxygens (including phenoxy) is 6. The summed E-state index contributed by atoms with van der Waals surface area (Å²) in [5.74, 6) is 7.27. The average molecular weight is 427 g/mol. The summed E-state index contributed by atoms with van der Waals surface area (Å²) >= 11 is 5.41. The van der Waals surface area contributed by atoms with Crippen molar-refractivity contribution >= 4 is 34.9 Å². The SMILES string of the molecule is C1COC2=C(CS[C@@H]2c2sc([C@H]3SCC4=C3OCCO4)c3c2OCCO3)O1. The summed E-state index contributed by atoms with van der Waals surface area (Å²) in [7, 11) is 0. The van der Waals surface area contributed by atoms with Crippen molar-refractivity contribution in [1.82, 2.24) is 0 Å². The third-order valence-electron chi connectivity index (χ3n) is 4.95. The summed E-state index contributed by atoms with van der Waals surface area (Å²) in [5.41, 5.74) is 0. The number of hydrogen-bond acceptors (Lipinski definition) is 9. The largest absolute Gasteiger partial charge is 0.490 e. The van der Waals surface area contributed by atoms with E-state index in [2.05, 4.69) is 0 Å². The van der Waals surface area contributed by atoms with Crippen LogP contribution in [0.3, 0.4) is 0 Å². The van der Waals surface area contributed by atoms with Crippen molar-refractivity contribution in [3.63, 3.8) is 0 Å². The Morgan fingerprint density at radius 3 is 1.52 bits per heavy atom. The highest BCUT2D eigenvalue weighted by atomic mass is 32.2. The number of hydrogen-bond donors (Lipinski definition) is 0. The first-order valence-electron chi connectivity index (χ1n) is 9.03. The molecule has 1 aromatic rings. The van der Waals surface area contributed by atoms with E-state index in [-0.39, 0.29) is 10.5 Å². The lowest BCUT2D eigenvalue weighted by Crippen LogP contribution is -2.17. The zero-order chi connectivity index (χ0) is 17.8. The molecule has 0 N–H and O–H groups in total. The third-order valence-corrected chi connectivity index (χ3v) is 8.95. The van der Waals surface area contributed by atoms with Crippen LogP contribution in [0.5, 0.6) is 11.5 Å². The first-order valence-corrected chi connectivity index (χ1v) is 11.9. The zero-order valence-electron chi connectivity index (χ0n) is 14.5. The van der Waals surface area contributed by atoms with Crippen molar-refractivity contribution in [1.29, 1.82) is 0 Å². The van der Waals surface area contributed by atoms with Gasteiger partial charge in [0.25, 0.3) is 0 Å². The van der Waals surface area contributed by atoms with Crippen molar-refractivity contribution < 1.29 is 28.4 Å². The smallest absolute Gasteiger partial charge is 0.177 e. The average Bonchev–Trinajstić information content (AvgIpc) is 3.42. The minimum atomic E-state index is 0.109. The fraction of sp³-hybridized carbons (Fsp3) is 0.556. The second-order valence-electron chi connectivity index (χ2n) is 6.54. The number of thioether (sulfide) groups is 2. The number of fused-ring (bicyclic) bond motifs is 1. The Kier molecular flexibility index (Phi) is 4.08. The van der Waals surface area contributed by atoms with E-state index >= 15 is 0 Å². The van der Waals surface area contributed by atoms with Gasteiger partial charge in [-0.05, 0) is 0 Å². The van der Waals surface area contributed by atoms with Crippen LogP contribution < -0.4 is 9.47 Å². The molecule has 9 heteroatoms. The van der Waals surface area contributed by atoms with Gasteiger partial charge in [-0.3, -0.25) is 0 Å². The molecule has 1 aromatic heterocycles. The molecule has 27 heavy (non-hydrogen) atoms. The lowest BCUT2D eigenvalue weighted by molar-refractivity contribution is 0.0638. The number of rotatable bonds is 2. The molecule has 144 valence electrons. The summed E-state index contributed by atoms with van der Waals surface area (Å²) in [6.45, 7) is 3.62. The third kappa shape index (κ3) is 2.61. The second kappa shape index (κ2) is 6.63. The molecule has 0 saturated heterocycles. The van der Waals surface area contributed by atoms with Gasteiger partial charge in [0.15, 0.2) is 23.0 Å². The topological polar surface area (TPSA) is 55.4 Å². The minimum Gasteiger partial charge on any atom is -0.490 e. The van der Waals surface area contributed by atoms with E-state index in [0.29, 0.717) is 39.6 Å². The van der Waals surface area contributed by atoms with Crippen LogP contribution in [0.2, 0.25) is 0 Å². The van der Waals surface area contributed by atoms with Gasteiger partial charge in [-0.2, -0.15) is 0 Å². The first-order chi connectivity index (χ1) is 13.4. The Morgan fingerprint density at radius 2 is 1.00 bits per heavy atom. The summed E-state index contributed by atoms with van der Waals surface area (Å²) in [4.78, 5) is 2.32. The molecule has 0 saturated carbocycles. The Balaban J connectivity index is 1.42. The fourth-order valence-electron chi connectivity index (χ4n) is 3.81. The Labute approximate surface area is 169 Å². The molecule has 5 aliphatic rings. The van der Waals surface area contributed by atoms with Gasteiger partial charge in [0.2, 0.25) is 0 Å². The summed E-state index contributed by atoms with van der Waals surface area (Å²) < 4.78 is 35.7. The molecule has 0 unspecified atom stereocenters. The molecule has 0 aromatic carbocycles. The van der Waals surface area contributed by atoms with Gasteiger partial charge in [0.05, 0.1) is 21.3 Å². The van der Waals surface area contributed by atoms with Crippen LogP contribution in [0.1, 0.15) is 20.3 Å². The van der Waals surface area contributed by atoms with E-state index in [4.69, 9.17) is 28.4 Å². The lowest BCUT2D eigenvalue weighted by atomic mass is 10.2. The molecule has 0 amide bonds. The molecule has 0 fully saturated rings. The van der Waals surface area contributed by atoms with Crippen LogP contribution >= 0.6 is 34.9 Å². The highest BCUT2D eigenvalue weighted by Gasteiger charge is 2.42. The normalized spacial score (nSPS) is 28.7. The monoisotopic (exact) mass is 426 g/mol. The molecule has 6 rings (SSSR count). The quantitative estimate of drug-likeness (QED) is 0.711. The van der Waals surface area contributed by atoms with Crippen LogP contribution in [-0.2, 0) is 18.9 Å². The van der Waals surface area contributed by atoms with Gasteiger partial charge in [-0.25, -0.2) is 0 Å². The Bertz CT molecular complexity index is 778. The first kappa shape index (κ1) is 16.6. The summed E-state index contributed by atoms with van der Waals surface area (Å²) in [6.07, 6.45) is 0. The van der Waals surface area contributed by atoms with Crippen molar-refractivity contribution in [2.45, 2.75) is 10.5 Å². The van der Waals surface area contributed by atoms with Crippen LogP contribution in [-0.4, -0.2) is 51.1 Å². The standard InChI is InChI=1S/C18H18O6S3/c1-3-21-11-9(19-1)7-25-15(11)17-13-14(24-6-5-23-13)18(27-17)16-12-10(8-26-16)20-2-4-22-12/h15-16H,1-8H2/t15-,16-/m0/s1. The molecular formula is C18H18O6S3. The maximum Gasteiger partial charge on any atom is 0.177 e. The van der Waals surface area contributed by atoms with E-state index < -0.39 is 0 Å². The Morgan fingerprint density at radius 1 is 0.556 bits per heavy atom. The highest BCUT2D eigenvalue weighted by molar-refractivity contribution is 8.00. The maximum atomic E-state index is 6.08. The van der Waals surface area contributed by atoms with Gasteiger partial charge in [0, 0.05) is 0 Å². The molecule has 6 nitrogen and oxygen atoms in total. The van der Waals surface area contributed by atoms with Gasteiger partial charge in [-0.1, -0.05) is 0 Å². The molecule has 0 spiro atoms. The summed E-state index contributed by atoms with van der Waals surface area (Å²) in [6, 6.07) is 0. The van der Waals surface area contributed by atoms with Crippen LogP contribution in [0.15, 0.2) is 23.0 Å². The molecule has 6 heterocycles. The van der Waals surface area contributed by atoms with E-state index in [1.165, 1.54) is 0 Å². The van der Waals surface area contributed by atoms with E-state index in [0.717, 1.165) is 55.8 Å². The van der Waals surface area contributed by atoms with Crippen molar-refractivity contribution in [3.8, 4) is 11.5 Å². The van der Waals surface area contributed by atoms with E-state index in [1.807, 2.05) is 23.5 Å². The molecule has 5 aliphatic heterocycles. The molecule has 0 radical (unpaired) electrons. The zero-order valence-corrected chi connectivity index (χ0v) is 16.9. The van der Waals surface area contributed by atoms with Crippen molar-refractivity contribution in [2.75, 3.05) is 51.1 Å². The number of thiophene rings is 1. The highest BCUT2D eigenvalue weighted by Crippen LogP contribution is 2.60. The second-order valence-corrected chi connectivity index (χ2v) is 9.81. The molecule has 0 aliphatic carbocycles. The molecule has 2 atom stereocenters. The predicted octanol–water partition coefficient (Wildman–Crippen LogP) is 3.61. The molecule has 0 bridgehead atoms. The van der Waals surface area contributed by atoms with Crippen LogP contribution in [0.4, 0.5) is 0 Å². The summed E-state index contributed by atoms with van der Waals surface area (Å²) in [5, 5.41) is 0.218. The Hall–Kier alpha value is -1.32. The molecular weight excluding hydrogens is 408 g/mol. The van der Waals surface area contributed by atoms with Gasteiger partial charge in [0.1, 0.15) is 61.7 Å². The lowest BCUT2D eigenvalue weighted by Gasteiger charge is -2.22. The van der Waals surface area contributed by atoms with Crippen molar-refractivity contribution in [2.24, 2.45) is 0 Å². The predicted molar refractivity (Wildman–Crippen MR) is 104 cm³/mol. The van der Waals surface area contributed by atoms with E-state index in [9.17, 15) is 0 Å². The van der Waals surface area contributed by atoms with E-state index in [1.54, 1.807) is 11.3 Å². The van der Waals surface area contributed by atoms with Gasteiger partial charge < -0.3 is 28.4 Å². The van der Waals surface area contributed by atoms with Gasteiger partial charge >= 0.3 is 0 Å². The minimum absolute atomic E-state index is 0.109. The van der Waals surface area contributed by atoms with Crippen LogP contribution in [0, 0.1) is 0 Å². The maximum absolute atomic E-state index is 6.08. The van der Waals surface area contributed by atoms with Crippen molar-refractivity contribution in [3.05, 3.63) is 32.8 Å². The van der Waals surface area contributed by atoms with Gasteiger partial charge in [-0.15, -0.1) is 34.9 Å². The fourth-order valence-corrected chi connectivity index (χ4v) is 7.96.